The van der Waals surface area contributed by atoms with Crippen molar-refractivity contribution < 1.29 is 4.79 Å². The summed E-state index contributed by atoms with van der Waals surface area (Å²) in [7, 11) is 0. The summed E-state index contributed by atoms with van der Waals surface area (Å²) in [5, 5.41) is 3.82. The fraction of sp³-hybridized carbons (Fsp3) is 0.250. The van der Waals surface area contributed by atoms with Gasteiger partial charge in [0.15, 0.2) is 0 Å². The third-order valence-corrected chi connectivity index (χ3v) is 2.56. The summed E-state index contributed by atoms with van der Waals surface area (Å²) >= 11 is 0. The van der Waals surface area contributed by atoms with E-state index in [-0.39, 0.29) is 5.91 Å². The Morgan fingerprint density at radius 3 is 3.00 bits per heavy atom. The van der Waals surface area contributed by atoms with Gasteiger partial charge in [-0.2, -0.15) is 0 Å². The van der Waals surface area contributed by atoms with Gasteiger partial charge in [0.1, 0.15) is 5.69 Å². The largest absolute Gasteiger partial charge is 0.351 e. The molecule has 16 heavy (non-hydrogen) atoms. The minimum atomic E-state index is -0.110. The van der Waals surface area contributed by atoms with E-state index in [1.165, 1.54) is 0 Å². The summed E-state index contributed by atoms with van der Waals surface area (Å²) in [6.45, 7) is 2.97. The molecule has 4 heteroatoms. The monoisotopic (exact) mass is 217 g/mol. The van der Waals surface area contributed by atoms with Gasteiger partial charge in [0.2, 0.25) is 0 Å². The molecule has 0 bridgehead atoms. The van der Waals surface area contributed by atoms with Crippen LogP contribution in [-0.4, -0.2) is 24.0 Å². The summed E-state index contributed by atoms with van der Waals surface area (Å²) < 4.78 is 0. The van der Waals surface area contributed by atoms with E-state index in [0.717, 1.165) is 16.5 Å². The Kier molecular flexibility index (Phi) is 2.92. The van der Waals surface area contributed by atoms with Crippen molar-refractivity contribution in [1.82, 2.24) is 10.3 Å². The second-order valence-corrected chi connectivity index (χ2v) is 3.76. The van der Waals surface area contributed by atoms with Crippen LogP contribution in [0.4, 0.5) is 0 Å². The predicted molar refractivity (Wildman–Crippen MR) is 64.4 cm³/mol. The Bertz CT molecular complexity index is 516. The van der Waals surface area contributed by atoms with Crippen molar-refractivity contribution in [1.29, 1.82) is 0 Å². The van der Waals surface area contributed by atoms with Crippen LogP contribution < -0.4 is 11.1 Å². The maximum absolute atomic E-state index is 11.7. The first-order valence-corrected chi connectivity index (χ1v) is 5.29. The molecule has 84 valence electrons. The Hall–Kier alpha value is -1.81. The second kappa shape index (κ2) is 4.37. The lowest BCUT2D eigenvalue weighted by atomic mass is 10.1. The first-order chi connectivity index (χ1) is 7.72. The summed E-state index contributed by atoms with van der Waals surface area (Å²) in [6.07, 6.45) is 0. The van der Waals surface area contributed by atoms with E-state index in [1.54, 1.807) is 0 Å². The van der Waals surface area contributed by atoms with Gasteiger partial charge in [-0.1, -0.05) is 12.1 Å². The van der Waals surface area contributed by atoms with Gasteiger partial charge >= 0.3 is 0 Å². The Balaban J connectivity index is 2.32. The number of hydrogen-bond acceptors (Lipinski definition) is 2. The average molecular weight is 217 g/mol. The van der Waals surface area contributed by atoms with Crippen LogP contribution in [0.1, 0.15) is 16.1 Å². The fourth-order valence-corrected chi connectivity index (χ4v) is 1.71. The molecule has 4 N–H and O–H groups in total. The third kappa shape index (κ3) is 1.92. The molecule has 0 aliphatic carbocycles. The van der Waals surface area contributed by atoms with E-state index < -0.39 is 0 Å². The number of aryl methyl sites for hydroxylation is 1. The lowest BCUT2D eigenvalue weighted by molar-refractivity contribution is 0.0950. The van der Waals surface area contributed by atoms with Crippen LogP contribution in [0, 0.1) is 6.92 Å². The smallest absolute Gasteiger partial charge is 0.267 e. The molecule has 0 atom stereocenters. The molecule has 0 aliphatic rings. The van der Waals surface area contributed by atoms with Crippen molar-refractivity contribution in [3.63, 3.8) is 0 Å². The van der Waals surface area contributed by atoms with Crippen molar-refractivity contribution in [2.75, 3.05) is 13.1 Å². The average Bonchev–Trinajstić information content (AvgIpc) is 2.71. The van der Waals surface area contributed by atoms with Crippen LogP contribution in [0.3, 0.4) is 0 Å². The van der Waals surface area contributed by atoms with Crippen LogP contribution in [0.15, 0.2) is 24.3 Å². The van der Waals surface area contributed by atoms with Crippen LogP contribution >= 0.6 is 0 Å². The number of rotatable bonds is 3. The van der Waals surface area contributed by atoms with Gasteiger partial charge in [0.05, 0.1) is 0 Å². The van der Waals surface area contributed by atoms with Crippen molar-refractivity contribution in [3.05, 3.63) is 35.5 Å². The number of hydrogen-bond donors (Lipinski definition) is 3. The second-order valence-electron chi connectivity index (χ2n) is 3.76. The Morgan fingerprint density at radius 1 is 1.50 bits per heavy atom. The molecule has 0 aliphatic heterocycles. The van der Waals surface area contributed by atoms with Gasteiger partial charge in [-0.3, -0.25) is 4.79 Å². The highest BCUT2D eigenvalue weighted by atomic mass is 16.1. The Morgan fingerprint density at radius 2 is 2.31 bits per heavy atom. The topological polar surface area (TPSA) is 70.9 Å². The summed E-state index contributed by atoms with van der Waals surface area (Å²) in [5.41, 5.74) is 8.05. The molecule has 1 amide bonds. The van der Waals surface area contributed by atoms with Gasteiger partial charge in [0, 0.05) is 24.0 Å². The minimum absolute atomic E-state index is 0.110. The molecule has 2 rings (SSSR count). The number of H-pyrrole nitrogens is 1. The van der Waals surface area contributed by atoms with Crippen molar-refractivity contribution >= 4 is 16.8 Å². The molecule has 0 saturated carbocycles. The molecule has 0 spiro atoms. The number of carbonyl (C=O) groups excluding carboxylic acids is 1. The van der Waals surface area contributed by atoms with Crippen LogP contribution in [0.5, 0.6) is 0 Å². The number of aromatic nitrogens is 1. The van der Waals surface area contributed by atoms with E-state index in [1.807, 2.05) is 31.2 Å². The zero-order chi connectivity index (χ0) is 11.5. The molecular formula is C12H15N3O. The first kappa shape index (κ1) is 10.7. The van der Waals surface area contributed by atoms with Gasteiger partial charge < -0.3 is 16.0 Å². The van der Waals surface area contributed by atoms with Crippen molar-refractivity contribution in [2.45, 2.75) is 6.92 Å². The summed E-state index contributed by atoms with van der Waals surface area (Å²) in [4.78, 5) is 14.8. The molecule has 2 aromatic rings. The van der Waals surface area contributed by atoms with Gasteiger partial charge in [-0.15, -0.1) is 0 Å². The van der Waals surface area contributed by atoms with Crippen LogP contribution in [0.25, 0.3) is 10.9 Å². The molecule has 0 unspecified atom stereocenters. The number of fused-ring (bicyclic) bond motifs is 1. The zero-order valence-electron chi connectivity index (χ0n) is 9.21. The molecule has 1 aromatic heterocycles. The van der Waals surface area contributed by atoms with Crippen molar-refractivity contribution in [2.24, 2.45) is 5.73 Å². The SMILES string of the molecule is Cc1cccc2[nH]c(C(=O)NCCN)cc12. The van der Waals surface area contributed by atoms with Crippen LogP contribution in [-0.2, 0) is 0 Å². The number of benzene rings is 1. The third-order valence-electron chi connectivity index (χ3n) is 2.56. The normalized spacial score (nSPS) is 10.6. The zero-order valence-corrected chi connectivity index (χ0v) is 9.21. The maximum Gasteiger partial charge on any atom is 0.267 e. The molecule has 4 nitrogen and oxygen atoms in total. The highest BCUT2D eigenvalue weighted by molar-refractivity contribution is 5.98. The highest BCUT2D eigenvalue weighted by Crippen LogP contribution is 2.18. The summed E-state index contributed by atoms with van der Waals surface area (Å²) in [5.74, 6) is -0.110. The van der Waals surface area contributed by atoms with Gasteiger partial charge in [0.25, 0.3) is 5.91 Å². The lowest BCUT2D eigenvalue weighted by Crippen LogP contribution is -2.29. The number of carbonyl (C=O) groups is 1. The van der Waals surface area contributed by atoms with Crippen LogP contribution in [0.2, 0.25) is 0 Å². The summed E-state index contributed by atoms with van der Waals surface area (Å²) in [6, 6.07) is 7.83. The maximum atomic E-state index is 11.7. The lowest BCUT2D eigenvalue weighted by Gasteiger charge is -1.99. The number of amides is 1. The van der Waals surface area contributed by atoms with Crippen molar-refractivity contribution in [3.8, 4) is 0 Å². The predicted octanol–water partition coefficient (Wildman–Crippen LogP) is 1.16. The molecule has 0 saturated heterocycles. The Labute approximate surface area is 93.8 Å². The molecular weight excluding hydrogens is 202 g/mol. The molecule has 1 heterocycles. The van der Waals surface area contributed by atoms with Gasteiger partial charge in [-0.05, 0) is 24.6 Å². The standard InChI is InChI=1S/C12H15N3O/c1-8-3-2-4-10-9(8)7-11(15-10)12(16)14-6-5-13/h2-4,7,15H,5-6,13H2,1H3,(H,14,16). The molecule has 1 aromatic carbocycles. The molecule has 0 radical (unpaired) electrons. The molecule has 0 fully saturated rings. The number of aromatic amines is 1. The van der Waals surface area contributed by atoms with E-state index in [9.17, 15) is 4.79 Å². The van der Waals surface area contributed by atoms with E-state index in [0.29, 0.717) is 18.8 Å². The number of nitrogens with one attached hydrogen (secondary N) is 2. The van der Waals surface area contributed by atoms with E-state index >= 15 is 0 Å². The van der Waals surface area contributed by atoms with E-state index in [2.05, 4.69) is 10.3 Å². The first-order valence-electron chi connectivity index (χ1n) is 5.29. The number of nitrogens with two attached hydrogens (primary N) is 1. The van der Waals surface area contributed by atoms with Gasteiger partial charge in [-0.25, -0.2) is 0 Å². The highest BCUT2D eigenvalue weighted by Gasteiger charge is 2.09. The van der Waals surface area contributed by atoms with E-state index in [4.69, 9.17) is 5.73 Å². The minimum Gasteiger partial charge on any atom is -0.351 e. The fourth-order valence-electron chi connectivity index (χ4n) is 1.71. The quantitative estimate of drug-likeness (QED) is 0.722.